The van der Waals surface area contributed by atoms with Gasteiger partial charge in [0.1, 0.15) is 0 Å². The van der Waals surface area contributed by atoms with Gasteiger partial charge in [-0.05, 0) is 28.3 Å². The number of nitrogens with zero attached hydrogens (tertiary/aromatic N) is 1. The SMILES string of the molecule is N#C/C(=C\c1ccccc1)c1ccc(/C=C/c2ccccc2)cc1. The van der Waals surface area contributed by atoms with Crippen molar-refractivity contribution >= 4 is 23.8 Å². The zero-order valence-corrected chi connectivity index (χ0v) is 13.3. The standard InChI is InChI=1S/C23H17N/c24-18-23(17-21-9-5-2-6-10-21)22-15-13-20(14-16-22)12-11-19-7-3-1-4-8-19/h1-17H/b12-11+,23-17+. The molecule has 0 spiro atoms. The molecule has 1 heteroatoms. The van der Waals surface area contributed by atoms with E-state index < -0.39 is 0 Å². The molecule has 1 nitrogen and oxygen atoms in total. The summed E-state index contributed by atoms with van der Waals surface area (Å²) in [6.07, 6.45) is 6.07. The Kier molecular flexibility index (Phi) is 5.02. The maximum Gasteiger partial charge on any atom is 0.0998 e. The third kappa shape index (κ3) is 4.09. The molecule has 0 atom stereocenters. The van der Waals surface area contributed by atoms with Gasteiger partial charge < -0.3 is 0 Å². The topological polar surface area (TPSA) is 23.8 Å². The van der Waals surface area contributed by atoms with Gasteiger partial charge in [-0.1, -0.05) is 97.1 Å². The lowest BCUT2D eigenvalue weighted by Gasteiger charge is -2.01. The minimum atomic E-state index is 0.666. The fraction of sp³-hybridized carbons (Fsp3) is 0. The Hall–Kier alpha value is -3.37. The molecule has 3 aromatic carbocycles. The number of allylic oxidation sites excluding steroid dienone is 1. The Morgan fingerprint density at radius 1 is 0.625 bits per heavy atom. The normalized spacial score (nSPS) is 11.4. The summed E-state index contributed by atoms with van der Waals surface area (Å²) in [5, 5.41) is 9.43. The Morgan fingerprint density at radius 3 is 1.67 bits per heavy atom. The first-order chi connectivity index (χ1) is 11.8. The van der Waals surface area contributed by atoms with Crippen LogP contribution in [0.4, 0.5) is 0 Å². The van der Waals surface area contributed by atoms with Crippen LogP contribution in [0.5, 0.6) is 0 Å². The number of rotatable bonds is 4. The van der Waals surface area contributed by atoms with E-state index in [4.69, 9.17) is 0 Å². The molecule has 0 saturated carbocycles. The third-order valence-electron chi connectivity index (χ3n) is 3.72. The summed E-state index contributed by atoms with van der Waals surface area (Å²) >= 11 is 0. The summed E-state index contributed by atoms with van der Waals surface area (Å²) in [7, 11) is 0. The van der Waals surface area contributed by atoms with Crippen LogP contribution in [0.2, 0.25) is 0 Å². The van der Waals surface area contributed by atoms with Crippen molar-refractivity contribution in [1.29, 1.82) is 5.26 Å². The van der Waals surface area contributed by atoms with Crippen molar-refractivity contribution in [3.63, 3.8) is 0 Å². The average molecular weight is 307 g/mol. The van der Waals surface area contributed by atoms with E-state index >= 15 is 0 Å². The summed E-state index contributed by atoms with van der Waals surface area (Å²) < 4.78 is 0. The summed E-state index contributed by atoms with van der Waals surface area (Å²) in [6.45, 7) is 0. The lowest BCUT2D eigenvalue weighted by molar-refractivity contribution is 1.52. The fourth-order valence-corrected chi connectivity index (χ4v) is 2.43. The van der Waals surface area contributed by atoms with Crippen LogP contribution in [0.25, 0.3) is 23.8 Å². The van der Waals surface area contributed by atoms with E-state index in [1.165, 1.54) is 5.56 Å². The number of benzene rings is 3. The second-order valence-electron chi connectivity index (χ2n) is 5.45. The quantitative estimate of drug-likeness (QED) is 0.433. The van der Waals surface area contributed by atoms with Crippen molar-refractivity contribution < 1.29 is 0 Å². The second kappa shape index (κ2) is 7.76. The van der Waals surface area contributed by atoms with Crippen LogP contribution in [0.15, 0.2) is 84.9 Å². The van der Waals surface area contributed by atoms with Gasteiger partial charge in [0.05, 0.1) is 11.6 Å². The highest BCUT2D eigenvalue weighted by Gasteiger charge is 2.00. The Bertz CT molecular complexity index is 880. The van der Waals surface area contributed by atoms with Crippen molar-refractivity contribution in [3.8, 4) is 6.07 Å². The lowest BCUT2D eigenvalue weighted by atomic mass is 10.0. The molecule has 0 heterocycles. The van der Waals surface area contributed by atoms with Gasteiger partial charge >= 0.3 is 0 Å². The number of hydrogen-bond acceptors (Lipinski definition) is 1. The highest BCUT2D eigenvalue weighted by atomic mass is 14.2. The monoisotopic (exact) mass is 307 g/mol. The van der Waals surface area contributed by atoms with Gasteiger partial charge in [-0.25, -0.2) is 0 Å². The van der Waals surface area contributed by atoms with Gasteiger partial charge in [-0.15, -0.1) is 0 Å². The molecule has 3 aromatic rings. The minimum Gasteiger partial charge on any atom is -0.192 e. The number of hydrogen-bond donors (Lipinski definition) is 0. The highest BCUT2D eigenvalue weighted by molar-refractivity contribution is 5.89. The molecule has 24 heavy (non-hydrogen) atoms. The van der Waals surface area contributed by atoms with Crippen molar-refractivity contribution in [2.24, 2.45) is 0 Å². The molecule has 0 unspecified atom stereocenters. The predicted molar refractivity (Wildman–Crippen MR) is 102 cm³/mol. The van der Waals surface area contributed by atoms with Crippen molar-refractivity contribution in [2.45, 2.75) is 0 Å². The number of nitriles is 1. The van der Waals surface area contributed by atoms with E-state index in [1.807, 2.05) is 78.9 Å². The zero-order valence-electron chi connectivity index (χ0n) is 13.3. The smallest absolute Gasteiger partial charge is 0.0998 e. The van der Waals surface area contributed by atoms with Gasteiger partial charge in [0.2, 0.25) is 0 Å². The molecule has 3 rings (SSSR count). The molecule has 0 radical (unpaired) electrons. The van der Waals surface area contributed by atoms with E-state index in [9.17, 15) is 5.26 Å². The molecule has 114 valence electrons. The van der Waals surface area contributed by atoms with E-state index in [-0.39, 0.29) is 0 Å². The molecule has 0 aliphatic carbocycles. The second-order valence-corrected chi connectivity index (χ2v) is 5.45. The summed E-state index contributed by atoms with van der Waals surface area (Å²) in [5.41, 5.74) is 4.91. The molecule has 0 N–H and O–H groups in total. The third-order valence-corrected chi connectivity index (χ3v) is 3.72. The van der Waals surface area contributed by atoms with Crippen molar-refractivity contribution in [2.75, 3.05) is 0 Å². The largest absolute Gasteiger partial charge is 0.192 e. The first-order valence-electron chi connectivity index (χ1n) is 7.85. The molecule has 0 aliphatic heterocycles. The van der Waals surface area contributed by atoms with Crippen LogP contribution in [-0.2, 0) is 0 Å². The van der Waals surface area contributed by atoms with Gasteiger partial charge in [-0.2, -0.15) is 5.26 Å². The molecule has 0 fully saturated rings. The van der Waals surface area contributed by atoms with E-state index in [0.29, 0.717) is 5.57 Å². The van der Waals surface area contributed by atoms with Crippen LogP contribution in [-0.4, -0.2) is 0 Å². The van der Waals surface area contributed by atoms with Gasteiger partial charge in [0, 0.05) is 0 Å². The maximum absolute atomic E-state index is 9.43. The van der Waals surface area contributed by atoms with E-state index in [1.54, 1.807) is 0 Å². The summed E-state index contributed by atoms with van der Waals surface area (Å²) in [5.74, 6) is 0. The lowest BCUT2D eigenvalue weighted by Crippen LogP contribution is -1.83. The summed E-state index contributed by atoms with van der Waals surface area (Å²) in [4.78, 5) is 0. The fourth-order valence-electron chi connectivity index (χ4n) is 2.43. The Labute approximate surface area is 142 Å². The van der Waals surface area contributed by atoms with Crippen molar-refractivity contribution in [1.82, 2.24) is 0 Å². The maximum atomic E-state index is 9.43. The molecule has 0 saturated heterocycles. The van der Waals surface area contributed by atoms with Crippen LogP contribution in [0, 0.1) is 11.3 Å². The molecule has 0 aliphatic rings. The van der Waals surface area contributed by atoms with E-state index in [2.05, 4.69) is 30.4 Å². The molecule has 0 bridgehead atoms. The van der Waals surface area contributed by atoms with Crippen LogP contribution < -0.4 is 0 Å². The average Bonchev–Trinajstić information content (AvgIpc) is 2.67. The van der Waals surface area contributed by atoms with Crippen molar-refractivity contribution in [3.05, 3.63) is 107 Å². The first kappa shape index (κ1) is 15.5. The minimum absolute atomic E-state index is 0.666. The van der Waals surface area contributed by atoms with Gasteiger partial charge in [0.25, 0.3) is 0 Å². The Balaban J connectivity index is 1.80. The summed E-state index contributed by atoms with van der Waals surface area (Å²) in [6, 6.07) is 30.4. The Morgan fingerprint density at radius 2 is 1.12 bits per heavy atom. The molecular formula is C23H17N. The molecule has 0 aromatic heterocycles. The van der Waals surface area contributed by atoms with Crippen LogP contribution in [0.1, 0.15) is 22.3 Å². The highest BCUT2D eigenvalue weighted by Crippen LogP contribution is 2.19. The zero-order chi connectivity index (χ0) is 16.6. The van der Waals surface area contributed by atoms with Gasteiger partial charge in [0.15, 0.2) is 0 Å². The van der Waals surface area contributed by atoms with Gasteiger partial charge in [-0.3, -0.25) is 0 Å². The predicted octanol–water partition coefficient (Wildman–Crippen LogP) is 5.92. The first-order valence-corrected chi connectivity index (χ1v) is 7.85. The molecule has 0 amide bonds. The van der Waals surface area contributed by atoms with E-state index in [0.717, 1.165) is 16.7 Å². The van der Waals surface area contributed by atoms with Crippen LogP contribution >= 0.6 is 0 Å². The molecular weight excluding hydrogens is 290 g/mol. The van der Waals surface area contributed by atoms with Crippen LogP contribution in [0.3, 0.4) is 0 Å².